The Morgan fingerprint density at radius 1 is 1.36 bits per heavy atom. The van der Waals surface area contributed by atoms with Crippen LogP contribution in [0.3, 0.4) is 0 Å². The summed E-state index contributed by atoms with van der Waals surface area (Å²) in [7, 11) is 0. The summed E-state index contributed by atoms with van der Waals surface area (Å²) in [6.07, 6.45) is -4.70. The SMILES string of the molecule is CCOc1nc(=O)c(C)cn1[C@@H]1O[C@H](CN)[C@@H](O)[C@H](O)[C@H]1O. The molecule has 2 rings (SSSR count). The molecule has 1 fully saturated rings. The largest absolute Gasteiger partial charge is 0.465 e. The zero-order chi connectivity index (χ0) is 16.4. The number of ether oxygens (including phenoxy) is 2. The second kappa shape index (κ2) is 6.71. The topological polar surface area (TPSA) is 140 Å². The monoisotopic (exact) mass is 315 g/mol. The summed E-state index contributed by atoms with van der Waals surface area (Å²) in [5.74, 6) is 0. The number of nitrogens with two attached hydrogens (primary N) is 1. The molecule has 124 valence electrons. The van der Waals surface area contributed by atoms with Gasteiger partial charge in [0.15, 0.2) is 6.23 Å². The molecule has 0 spiro atoms. The van der Waals surface area contributed by atoms with Gasteiger partial charge in [-0.25, -0.2) is 0 Å². The molecule has 9 nitrogen and oxygen atoms in total. The Morgan fingerprint density at radius 2 is 2.05 bits per heavy atom. The molecule has 0 aliphatic carbocycles. The molecule has 1 aromatic heterocycles. The van der Waals surface area contributed by atoms with E-state index in [-0.39, 0.29) is 19.2 Å². The maximum absolute atomic E-state index is 11.7. The molecule has 9 heteroatoms. The summed E-state index contributed by atoms with van der Waals surface area (Å²) >= 11 is 0. The number of aliphatic hydroxyl groups excluding tert-OH is 3. The molecule has 0 unspecified atom stereocenters. The average molecular weight is 315 g/mol. The highest BCUT2D eigenvalue weighted by atomic mass is 16.6. The zero-order valence-corrected chi connectivity index (χ0v) is 12.4. The molecule has 5 atom stereocenters. The van der Waals surface area contributed by atoms with Crippen molar-refractivity contribution in [3.8, 4) is 6.01 Å². The fourth-order valence-corrected chi connectivity index (χ4v) is 2.33. The average Bonchev–Trinajstić information content (AvgIpc) is 2.49. The first-order valence-corrected chi connectivity index (χ1v) is 7.03. The molecule has 1 saturated heterocycles. The molecule has 1 aromatic rings. The van der Waals surface area contributed by atoms with Gasteiger partial charge >= 0.3 is 6.01 Å². The molecule has 0 aromatic carbocycles. The summed E-state index contributed by atoms with van der Waals surface area (Å²) < 4.78 is 12.2. The van der Waals surface area contributed by atoms with Gasteiger partial charge in [0.2, 0.25) is 0 Å². The lowest BCUT2D eigenvalue weighted by Crippen LogP contribution is -2.57. The van der Waals surface area contributed by atoms with E-state index in [2.05, 4.69) is 4.98 Å². The van der Waals surface area contributed by atoms with E-state index in [1.165, 1.54) is 10.8 Å². The Balaban J connectivity index is 2.45. The summed E-state index contributed by atoms with van der Waals surface area (Å²) in [5.41, 5.74) is 5.37. The first kappa shape index (κ1) is 16.8. The highest BCUT2D eigenvalue weighted by Gasteiger charge is 2.44. The molecule has 22 heavy (non-hydrogen) atoms. The van der Waals surface area contributed by atoms with Gasteiger partial charge in [-0.1, -0.05) is 0 Å². The Kier molecular flexibility index (Phi) is 5.14. The van der Waals surface area contributed by atoms with Crippen molar-refractivity contribution in [1.29, 1.82) is 0 Å². The van der Waals surface area contributed by atoms with Crippen LogP contribution >= 0.6 is 0 Å². The summed E-state index contributed by atoms with van der Waals surface area (Å²) in [6.45, 7) is 3.49. The third-order valence-corrected chi connectivity index (χ3v) is 3.56. The normalized spacial score (nSPS) is 32.0. The van der Waals surface area contributed by atoms with E-state index in [0.717, 1.165) is 0 Å². The van der Waals surface area contributed by atoms with Gasteiger partial charge in [-0.15, -0.1) is 0 Å². The van der Waals surface area contributed by atoms with Gasteiger partial charge in [-0.05, 0) is 13.8 Å². The Morgan fingerprint density at radius 3 is 2.64 bits per heavy atom. The highest BCUT2D eigenvalue weighted by Crippen LogP contribution is 2.30. The number of hydrogen-bond donors (Lipinski definition) is 4. The quantitative estimate of drug-likeness (QED) is 0.495. The van der Waals surface area contributed by atoms with Gasteiger partial charge in [-0.3, -0.25) is 9.36 Å². The molecule has 5 N–H and O–H groups in total. The van der Waals surface area contributed by atoms with E-state index >= 15 is 0 Å². The van der Waals surface area contributed by atoms with Crippen molar-refractivity contribution in [2.75, 3.05) is 13.2 Å². The molecule has 0 saturated carbocycles. The van der Waals surface area contributed by atoms with Crippen LogP contribution in [0, 0.1) is 6.92 Å². The second-order valence-electron chi connectivity index (χ2n) is 5.12. The number of nitrogens with zero attached hydrogens (tertiary/aromatic N) is 2. The van der Waals surface area contributed by atoms with Crippen LogP contribution < -0.4 is 16.0 Å². The Bertz CT molecular complexity index is 575. The predicted molar refractivity (Wildman–Crippen MR) is 75.4 cm³/mol. The Hall–Kier alpha value is -1.52. The standard InChI is InChI=1S/C13H21N3O6/c1-3-21-13-15-11(20)6(2)5-16(13)12-10(19)9(18)8(17)7(4-14)22-12/h5,7-10,12,17-19H,3-4,14H2,1-2H3/t7-,8-,9+,10-,12-/m1/s1. The summed E-state index contributed by atoms with van der Waals surface area (Å²) in [6, 6.07) is -0.0403. The van der Waals surface area contributed by atoms with Gasteiger partial charge in [0, 0.05) is 18.3 Å². The van der Waals surface area contributed by atoms with E-state index < -0.39 is 36.2 Å². The van der Waals surface area contributed by atoms with Gasteiger partial charge in [0.25, 0.3) is 5.56 Å². The van der Waals surface area contributed by atoms with Crippen LogP contribution in [-0.2, 0) is 4.74 Å². The van der Waals surface area contributed by atoms with E-state index in [1.54, 1.807) is 13.8 Å². The molecule has 0 radical (unpaired) electrons. The first-order valence-electron chi connectivity index (χ1n) is 7.03. The minimum atomic E-state index is -1.44. The zero-order valence-electron chi connectivity index (χ0n) is 12.4. The lowest BCUT2D eigenvalue weighted by molar-refractivity contribution is -0.243. The minimum absolute atomic E-state index is 0.0403. The lowest BCUT2D eigenvalue weighted by atomic mass is 9.98. The van der Waals surface area contributed by atoms with Crippen molar-refractivity contribution < 1.29 is 24.8 Å². The third kappa shape index (κ3) is 2.99. The van der Waals surface area contributed by atoms with Crippen LogP contribution in [0.15, 0.2) is 11.0 Å². The first-order chi connectivity index (χ1) is 10.4. The number of rotatable bonds is 4. The second-order valence-corrected chi connectivity index (χ2v) is 5.12. The molecular weight excluding hydrogens is 294 g/mol. The smallest absolute Gasteiger partial charge is 0.301 e. The third-order valence-electron chi connectivity index (χ3n) is 3.56. The fraction of sp³-hybridized carbons (Fsp3) is 0.692. The van der Waals surface area contributed by atoms with Crippen LogP contribution in [-0.4, -0.2) is 62.4 Å². The molecule has 2 heterocycles. The van der Waals surface area contributed by atoms with Crippen molar-refractivity contribution in [3.05, 3.63) is 22.1 Å². The molecule has 0 bridgehead atoms. The van der Waals surface area contributed by atoms with E-state index in [9.17, 15) is 20.1 Å². The molecular formula is C13H21N3O6. The molecule has 1 aliphatic heterocycles. The van der Waals surface area contributed by atoms with Crippen LogP contribution in [0.1, 0.15) is 18.7 Å². The van der Waals surface area contributed by atoms with Gasteiger partial charge < -0.3 is 30.5 Å². The van der Waals surface area contributed by atoms with Gasteiger partial charge in [0.1, 0.15) is 24.4 Å². The van der Waals surface area contributed by atoms with Crippen molar-refractivity contribution in [2.45, 2.75) is 44.5 Å². The van der Waals surface area contributed by atoms with Crippen LogP contribution in [0.4, 0.5) is 0 Å². The molecule has 0 amide bonds. The van der Waals surface area contributed by atoms with Crippen LogP contribution in [0.25, 0.3) is 0 Å². The fourth-order valence-electron chi connectivity index (χ4n) is 2.33. The van der Waals surface area contributed by atoms with Crippen molar-refractivity contribution in [1.82, 2.24) is 9.55 Å². The van der Waals surface area contributed by atoms with Crippen LogP contribution in [0.2, 0.25) is 0 Å². The number of hydrogen-bond acceptors (Lipinski definition) is 8. The van der Waals surface area contributed by atoms with E-state index in [1.807, 2.05) is 0 Å². The summed E-state index contributed by atoms with van der Waals surface area (Å²) in [4.78, 5) is 15.4. The molecule has 1 aliphatic rings. The number of aromatic nitrogens is 2. The van der Waals surface area contributed by atoms with Crippen LogP contribution in [0.5, 0.6) is 6.01 Å². The van der Waals surface area contributed by atoms with E-state index in [0.29, 0.717) is 5.56 Å². The van der Waals surface area contributed by atoms with Crippen molar-refractivity contribution >= 4 is 0 Å². The Labute approximate surface area is 126 Å². The number of aryl methyl sites for hydroxylation is 1. The predicted octanol–water partition coefficient (Wildman–Crippen LogP) is -2.11. The maximum atomic E-state index is 11.7. The van der Waals surface area contributed by atoms with E-state index in [4.69, 9.17) is 15.2 Å². The summed E-state index contributed by atoms with van der Waals surface area (Å²) in [5, 5.41) is 29.9. The number of aliphatic hydroxyl groups is 3. The lowest BCUT2D eigenvalue weighted by Gasteiger charge is -2.41. The van der Waals surface area contributed by atoms with Crippen molar-refractivity contribution in [3.63, 3.8) is 0 Å². The maximum Gasteiger partial charge on any atom is 0.301 e. The van der Waals surface area contributed by atoms with Gasteiger partial charge in [0.05, 0.1) is 6.61 Å². The van der Waals surface area contributed by atoms with Gasteiger partial charge in [-0.2, -0.15) is 4.98 Å². The minimum Gasteiger partial charge on any atom is -0.465 e. The van der Waals surface area contributed by atoms with Crippen molar-refractivity contribution in [2.24, 2.45) is 5.73 Å². The highest BCUT2D eigenvalue weighted by molar-refractivity contribution is 5.10.